The van der Waals surface area contributed by atoms with E-state index in [-0.39, 0.29) is 29.1 Å². The molecule has 0 aliphatic heterocycles. The Kier molecular flexibility index (Phi) is 4.04. The summed E-state index contributed by atoms with van der Waals surface area (Å²) in [6.07, 6.45) is 1.91. The number of rotatable bonds is 4. The first-order chi connectivity index (χ1) is 11.5. The van der Waals surface area contributed by atoms with Crippen LogP contribution in [0.3, 0.4) is 0 Å². The summed E-state index contributed by atoms with van der Waals surface area (Å²) in [6.45, 7) is 1.53. The van der Waals surface area contributed by atoms with Crippen molar-refractivity contribution in [2.45, 2.75) is 13.3 Å². The van der Waals surface area contributed by atoms with E-state index in [1.54, 1.807) is 6.20 Å². The quantitative estimate of drug-likeness (QED) is 0.688. The molecule has 0 unspecified atom stereocenters. The summed E-state index contributed by atoms with van der Waals surface area (Å²) in [4.78, 5) is 26.6. The van der Waals surface area contributed by atoms with Crippen molar-refractivity contribution >= 4 is 28.4 Å². The molecule has 122 valence electrons. The van der Waals surface area contributed by atoms with Crippen molar-refractivity contribution in [2.24, 2.45) is 5.73 Å². The molecule has 0 atom stereocenters. The van der Waals surface area contributed by atoms with Gasteiger partial charge in [-0.25, -0.2) is 4.39 Å². The Balaban J connectivity index is 1.84. The Morgan fingerprint density at radius 1 is 1.25 bits per heavy atom. The molecule has 24 heavy (non-hydrogen) atoms. The number of hydrogen-bond donors (Lipinski definition) is 3. The average molecular weight is 325 g/mol. The second-order valence-electron chi connectivity index (χ2n) is 5.58. The van der Waals surface area contributed by atoms with Gasteiger partial charge in [0.2, 0.25) is 11.8 Å². The molecule has 0 aliphatic carbocycles. The van der Waals surface area contributed by atoms with Crippen LogP contribution in [-0.4, -0.2) is 16.8 Å². The third-order valence-electron chi connectivity index (χ3n) is 3.93. The molecule has 3 rings (SSSR count). The number of carbonyl (C=O) groups is 2. The highest BCUT2D eigenvalue weighted by Crippen LogP contribution is 2.22. The monoisotopic (exact) mass is 325 g/mol. The standard InChI is InChI=1S/C18H16FN3O2/c1-10-14(19)6-11(18(20)24)7-16(10)22-17(23)8-12-9-21-15-5-3-2-4-13(12)15/h2-7,9,21H,8H2,1H3,(H2,20,24)(H,22,23). The third kappa shape index (κ3) is 2.99. The van der Waals surface area contributed by atoms with Crippen LogP contribution in [0.2, 0.25) is 0 Å². The van der Waals surface area contributed by atoms with Gasteiger partial charge in [0.1, 0.15) is 5.82 Å². The van der Waals surface area contributed by atoms with E-state index in [0.29, 0.717) is 0 Å². The summed E-state index contributed by atoms with van der Waals surface area (Å²) in [5, 5.41) is 3.61. The van der Waals surface area contributed by atoms with Gasteiger partial charge < -0.3 is 16.0 Å². The molecule has 0 spiro atoms. The average Bonchev–Trinajstić information content (AvgIpc) is 2.94. The Bertz CT molecular complexity index is 947. The minimum atomic E-state index is -0.749. The molecule has 0 bridgehead atoms. The zero-order chi connectivity index (χ0) is 17.3. The largest absolute Gasteiger partial charge is 0.366 e. The molecule has 2 amide bonds. The fourth-order valence-electron chi connectivity index (χ4n) is 2.60. The van der Waals surface area contributed by atoms with E-state index in [9.17, 15) is 14.0 Å². The summed E-state index contributed by atoms with van der Waals surface area (Å²) in [5.41, 5.74) is 7.48. The second-order valence-corrected chi connectivity index (χ2v) is 5.58. The van der Waals surface area contributed by atoms with Gasteiger partial charge in [-0.3, -0.25) is 9.59 Å². The van der Waals surface area contributed by atoms with Gasteiger partial charge >= 0.3 is 0 Å². The molecule has 2 aromatic carbocycles. The van der Waals surface area contributed by atoms with Crippen LogP contribution in [0, 0.1) is 12.7 Å². The lowest BCUT2D eigenvalue weighted by molar-refractivity contribution is -0.115. The highest BCUT2D eigenvalue weighted by atomic mass is 19.1. The Morgan fingerprint density at radius 3 is 2.75 bits per heavy atom. The third-order valence-corrected chi connectivity index (χ3v) is 3.93. The number of para-hydroxylation sites is 1. The van der Waals surface area contributed by atoms with Crippen LogP contribution in [0.5, 0.6) is 0 Å². The number of aromatic amines is 1. The van der Waals surface area contributed by atoms with Gasteiger partial charge in [0.05, 0.1) is 6.42 Å². The second kappa shape index (κ2) is 6.16. The number of H-pyrrole nitrogens is 1. The Labute approximate surface area is 137 Å². The van der Waals surface area contributed by atoms with Gasteiger partial charge in [0.15, 0.2) is 0 Å². The first-order valence-corrected chi connectivity index (χ1v) is 7.40. The fourth-order valence-corrected chi connectivity index (χ4v) is 2.60. The smallest absolute Gasteiger partial charge is 0.248 e. The van der Waals surface area contributed by atoms with Gasteiger partial charge in [-0.1, -0.05) is 18.2 Å². The van der Waals surface area contributed by atoms with Crippen molar-refractivity contribution in [1.29, 1.82) is 0 Å². The van der Waals surface area contributed by atoms with Crippen LogP contribution < -0.4 is 11.1 Å². The van der Waals surface area contributed by atoms with Gasteiger partial charge in [0.25, 0.3) is 0 Å². The lowest BCUT2D eigenvalue weighted by atomic mass is 10.1. The number of nitrogens with two attached hydrogens (primary N) is 1. The minimum absolute atomic E-state index is 0.0143. The Hall–Kier alpha value is -3.15. The summed E-state index contributed by atoms with van der Waals surface area (Å²) in [6, 6.07) is 10.1. The highest BCUT2D eigenvalue weighted by molar-refractivity contribution is 5.99. The minimum Gasteiger partial charge on any atom is -0.366 e. The van der Waals surface area contributed by atoms with E-state index >= 15 is 0 Å². The number of amides is 2. The number of hydrogen-bond acceptors (Lipinski definition) is 2. The summed E-state index contributed by atoms with van der Waals surface area (Å²) < 4.78 is 13.9. The van der Waals surface area contributed by atoms with E-state index < -0.39 is 11.7 Å². The number of fused-ring (bicyclic) bond motifs is 1. The molecule has 6 heteroatoms. The molecule has 1 heterocycles. The molecule has 4 N–H and O–H groups in total. The molecule has 5 nitrogen and oxygen atoms in total. The predicted octanol–water partition coefficient (Wildman–Crippen LogP) is 2.90. The van der Waals surface area contributed by atoms with Gasteiger partial charge in [-0.2, -0.15) is 0 Å². The van der Waals surface area contributed by atoms with Crippen LogP contribution >= 0.6 is 0 Å². The molecule has 0 saturated carbocycles. The van der Waals surface area contributed by atoms with E-state index in [4.69, 9.17) is 5.73 Å². The van der Waals surface area contributed by atoms with Crippen molar-refractivity contribution in [3.63, 3.8) is 0 Å². The van der Waals surface area contributed by atoms with Crippen molar-refractivity contribution in [1.82, 2.24) is 4.98 Å². The van der Waals surface area contributed by atoms with Crippen LogP contribution in [0.25, 0.3) is 10.9 Å². The zero-order valence-electron chi connectivity index (χ0n) is 13.0. The molecule has 3 aromatic rings. The normalized spacial score (nSPS) is 10.8. The Morgan fingerprint density at radius 2 is 2.00 bits per heavy atom. The number of aromatic nitrogens is 1. The summed E-state index contributed by atoms with van der Waals surface area (Å²) in [5.74, 6) is -1.64. The number of carbonyl (C=O) groups excluding carboxylic acids is 2. The van der Waals surface area contributed by atoms with Crippen molar-refractivity contribution in [3.8, 4) is 0 Å². The fraction of sp³-hybridized carbons (Fsp3) is 0.111. The molecule has 0 radical (unpaired) electrons. The molecule has 0 fully saturated rings. The van der Waals surface area contributed by atoms with Gasteiger partial charge in [-0.05, 0) is 30.7 Å². The van der Waals surface area contributed by atoms with Gasteiger partial charge in [-0.15, -0.1) is 0 Å². The maximum Gasteiger partial charge on any atom is 0.248 e. The van der Waals surface area contributed by atoms with Crippen molar-refractivity contribution in [2.75, 3.05) is 5.32 Å². The van der Waals surface area contributed by atoms with Crippen molar-refractivity contribution in [3.05, 3.63) is 65.1 Å². The predicted molar refractivity (Wildman–Crippen MR) is 90.3 cm³/mol. The number of nitrogens with one attached hydrogen (secondary N) is 2. The lowest BCUT2D eigenvalue weighted by Crippen LogP contribution is -2.17. The SMILES string of the molecule is Cc1c(F)cc(C(N)=O)cc1NC(=O)Cc1c[nH]c2ccccc12. The first kappa shape index (κ1) is 15.7. The topological polar surface area (TPSA) is 88.0 Å². The van der Waals surface area contributed by atoms with Crippen LogP contribution in [0.1, 0.15) is 21.5 Å². The van der Waals surface area contributed by atoms with E-state index in [2.05, 4.69) is 10.3 Å². The molecular formula is C18H16FN3O2. The molecular weight excluding hydrogens is 309 g/mol. The van der Waals surface area contributed by atoms with E-state index in [1.165, 1.54) is 13.0 Å². The van der Waals surface area contributed by atoms with E-state index in [1.807, 2.05) is 24.3 Å². The number of anilines is 1. The zero-order valence-corrected chi connectivity index (χ0v) is 13.0. The molecule has 0 aliphatic rings. The summed E-state index contributed by atoms with van der Waals surface area (Å²) in [7, 11) is 0. The maximum atomic E-state index is 13.9. The number of benzene rings is 2. The van der Waals surface area contributed by atoms with Crippen LogP contribution in [0.15, 0.2) is 42.6 Å². The van der Waals surface area contributed by atoms with Crippen LogP contribution in [0.4, 0.5) is 10.1 Å². The number of halogens is 1. The first-order valence-electron chi connectivity index (χ1n) is 7.40. The molecule has 1 aromatic heterocycles. The number of primary amides is 1. The maximum absolute atomic E-state index is 13.9. The summed E-state index contributed by atoms with van der Waals surface area (Å²) >= 11 is 0. The van der Waals surface area contributed by atoms with Gasteiger partial charge in [0, 0.05) is 33.9 Å². The van der Waals surface area contributed by atoms with Crippen molar-refractivity contribution < 1.29 is 14.0 Å². The van der Waals surface area contributed by atoms with E-state index in [0.717, 1.165) is 22.5 Å². The van der Waals surface area contributed by atoms with Crippen LogP contribution in [-0.2, 0) is 11.2 Å². The lowest BCUT2D eigenvalue weighted by Gasteiger charge is -2.10. The highest BCUT2D eigenvalue weighted by Gasteiger charge is 2.14. The molecule has 0 saturated heterocycles.